The van der Waals surface area contributed by atoms with Crippen molar-refractivity contribution in [1.29, 1.82) is 0 Å². The second-order valence-electron chi connectivity index (χ2n) is 4.00. The van der Waals surface area contributed by atoms with Gasteiger partial charge in [0.15, 0.2) is 0 Å². The average molecular weight is 191 g/mol. The van der Waals surface area contributed by atoms with Crippen LogP contribution in [0.15, 0.2) is 29.3 Å². The monoisotopic (exact) mass is 191 g/mol. The molecule has 0 unspecified atom stereocenters. The molecule has 68 valence electrons. The first-order chi connectivity index (χ1) is 6.04. The topological polar surface area (TPSA) is 29.4 Å². The van der Waals surface area contributed by atoms with Gasteiger partial charge in [0, 0.05) is 0 Å². The Bertz CT molecular complexity index is 331. The van der Waals surface area contributed by atoms with Gasteiger partial charge in [0.05, 0.1) is 13.8 Å². The maximum atomic E-state index is 9.97. The second kappa shape index (κ2) is 3.69. The molecule has 0 fully saturated rings. The highest BCUT2D eigenvalue weighted by Gasteiger charge is 2.15. The molecule has 1 aromatic carbocycles. The molecule has 0 saturated carbocycles. The normalized spacial score (nSPS) is 10.7. The molecule has 0 radical (unpaired) electrons. The van der Waals surface area contributed by atoms with Crippen molar-refractivity contribution in [2.75, 3.05) is 0 Å². The standard InChI is InChI=1S/C10H13NOSi/c1-13(2,3)10-6-4-9(5-7-10)11-8-12/h4-7H,1-3H3. The molecular weight excluding hydrogens is 178 g/mol. The predicted octanol–water partition coefficient (Wildman–Crippen LogP) is 2.20. The number of hydrogen-bond acceptors (Lipinski definition) is 2. The molecule has 0 amide bonds. The molecule has 3 heteroatoms. The molecule has 0 aliphatic heterocycles. The molecule has 0 N–H and O–H groups in total. The van der Waals surface area contributed by atoms with Crippen LogP contribution in [-0.4, -0.2) is 14.2 Å². The minimum atomic E-state index is -1.22. The van der Waals surface area contributed by atoms with E-state index in [-0.39, 0.29) is 0 Å². The minimum absolute atomic E-state index is 0.678. The maximum Gasteiger partial charge on any atom is 0.240 e. The number of benzene rings is 1. The highest BCUT2D eigenvalue weighted by atomic mass is 28.3. The summed E-state index contributed by atoms with van der Waals surface area (Å²) in [7, 11) is -1.22. The van der Waals surface area contributed by atoms with Crippen molar-refractivity contribution in [3.8, 4) is 0 Å². The summed E-state index contributed by atoms with van der Waals surface area (Å²) in [5.74, 6) is 0. The lowest BCUT2D eigenvalue weighted by atomic mass is 10.3. The lowest BCUT2D eigenvalue weighted by Crippen LogP contribution is -2.37. The lowest BCUT2D eigenvalue weighted by molar-refractivity contribution is 0.565. The highest BCUT2D eigenvalue weighted by Crippen LogP contribution is 2.10. The van der Waals surface area contributed by atoms with Crippen molar-refractivity contribution in [3.05, 3.63) is 24.3 Å². The Morgan fingerprint density at radius 1 is 1.15 bits per heavy atom. The summed E-state index contributed by atoms with van der Waals surface area (Å²) < 4.78 is 0. The van der Waals surface area contributed by atoms with Crippen molar-refractivity contribution >= 4 is 25.0 Å². The van der Waals surface area contributed by atoms with E-state index in [1.54, 1.807) is 0 Å². The zero-order valence-corrected chi connectivity index (χ0v) is 9.16. The van der Waals surface area contributed by atoms with Gasteiger partial charge in [-0.1, -0.05) is 37.0 Å². The quantitative estimate of drug-likeness (QED) is 0.400. The van der Waals surface area contributed by atoms with Crippen LogP contribution in [0, 0.1) is 0 Å². The van der Waals surface area contributed by atoms with Crippen LogP contribution in [0.5, 0.6) is 0 Å². The zero-order chi connectivity index (χ0) is 9.90. The van der Waals surface area contributed by atoms with Gasteiger partial charge in [-0.3, -0.25) is 0 Å². The van der Waals surface area contributed by atoms with Crippen molar-refractivity contribution in [1.82, 2.24) is 0 Å². The van der Waals surface area contributed by atoms with Crippen molar-refractivity contribution in [2.45, 2.75) is 19.6 Å². The molecule has 1 rings (SSSR count). The Kier molecular flexibility index (Phi) is 2.81. The number of hydrogen-bond donors (Lipinski definition) is 0. The van der Waals surface area contributed by atoms with E-state index in [4.69, 9.17) is 0 Å². The van der Waals surface area contributed by atoms with Crippen LogP contribution in [-0.2, 0) is 4.79 Å². The first-order valence-corrected chi connectivity index (χ1v) is 7.72. The lowest BCUT2D eigenvalue weighted by Gasteiger charge is -2.15. The number of isocyanates is 1. The Morgan fingerprint density at radius 2 is 1.69 bits per heavy atom. The molecule has 2 nitrogen and oxygen atoms in total. The van der Waals surface area contributed by atoms with Gasteiger partial charge in [0.2, 0.25) is 6.08 Å². The number of aliphatic imine (C=N–C) groups is 1. The molecule has 0 aliphatic carbocycles. The van der Waals surface area contributed by atoms with Crippen LogP contribution < -0.4 is 5.19 Å². The molecule has 0 bridgehead atoms. The average Bonchev–Trinajstić information content (AvgIpc) is 2.04. The minimum Gasteiger partial charge on any atom is -0.211 e. The number of carbonyl (C=O) groups excluding carboxylic acids is 1. The fourth-order valence-electron chi connectivity index (χ4n) is 1.09. The third-order valence-electron chi connectivity index (χ3n) is 1.91. The van der Waals surface area contributed by atoms with Crippen LogP contribution in [0.25, 0.3) is 0 Å². The fourth-order valence-corrected chi connectivity index (χ4v) is 2.26. The fraction of sp³-hybridized carbons (Fsp3) is 0.300. The highest BCUT2D eigenvalue weighted by molar-refractivity contribution is 6.88. The van der Waals surface area contributed by atoms with E-state index in [1.165, 1.54) is 11.3 Å². The van der Waals surface area contributed by atoms with Gasteiger partial charge in [-0.2, -0.15) is 4.99 Å². The first-order valence-electron chi connectivity index (χ1n) is 4.22. The van der Waals surface area contributed by atoms with Gasteiger partial charge in [-0.25, -0.2) is 4.79 Å². The van der Waals surface area contributed by atoms with Gasteiger partial charge in [-0.05, 0) is 12.1 Å². The molecule has 0 atom stereocenters. The summed E-state index contributed by atoms with van der Waals surface area (Å²) in [5, 5.41) is 1.37. The summed E-state index contributed by atoms with van der Waals surface area (Å²) >= 11 is 0. The van der Waals surface area contributed by atoms with Crippen molar-refractivity contribution in [3.63, 3.8) is 0 Å². The Morgan fingerprint density at radius 3 is 2.08 bits per heavy atom. The Hall–Kier alpha value is -1.18. The van der Waals surface area contributed by atoms with E-state index in [1.807, 2.05) is 24.3 Å². The maximum absolute atomic E-state index is 9.97. The summed E-state index contributed by atoms with van der Waals surface area (Å²) in [6.45, 7) is 6.85. The van der Waals surface area contributed by atoms with Crippen LogP contribution in [0.4, 0.5) is 5.69 Å². The molecule has 0 aromatic heterocycles. The van der Waals surface area contributed by atoms with E-state index in [9.17, 15) is 4.79 Å². The van der Waals surface area contributed by atoms with Gasteiger partial charge in [-0.15, -0.1) is 0 Å². The van der Waals surface area contributed by atoms with Gasteiger partial charge >= 0.3 is 0 Å². The summed E-state index contributed by atoms with van der Waals surface area (Å²) in [5.41, 5.74) is 0.678. The molecule has 0 aliphatic rings. The second-order valence-corrected chi connectivity index (χ2v) is 9.08. The third kappa shape index (κ3) is 2.65. The van der Waals surface area contributed by atoms with Crippen LogP contribution in [0.1, 0.15) is 0 Å². The molecular formula is C10H13NOSi. The first kappa shape index (κ1) is 9.90. The van der Waals surface area contributed by atoms with E-state index >= 15 is 0 Å². The summed E-state index contributed by atoms with van der Waals surface area (Å²) in [6, 6.07) is 7.81. The number of rotatable bonds is 2. The van der Waals surface area contributed by atoms with E-state index in [0.29, 0.717) is 5.69 Å². The largest absolute Gasteiger partial charge is 0.240 e. The van der Waals surface area contributed by atoms with E-state index in [2.05, 4.69) is 24.6 Å². The molecule has 0 heterocycles. The number of nitrogens with zero attached hydrogens (tertiary/aromatic N) is 1. The predicted molar refractivity (Wildman–Crippen MR) is 57.2 cm³/mol. The van der Waals surface area contributed by atoms with Crippen molar-refractivity contribution < 1.29 is 4.79 Å². The molecule has 0 saturated heterocycles. The van der Waals surface area contributed by atoms with Gasteiger partial charge < -0.3 is 0 Å². The SMILES string of the molecule is C[Si](C)(C)c1ccc(N=C=O)cc1. The Balaban J connectivity index is 3.00. The molecule has 0 spiro atoms. The summed E-state index contributed by atoms with van der Waals surface area (Å²) in [4.78, 5) is 13.5. The van der Waals surface area contributed by atoms with Crippen molar-refractivity contribution in [2.24, 2.45) is 4.99 Å². The van der Waals surface area contributed by atoms with Gasteiger partial charge in [0.25, 0.3) is 0 Å². The van der Waals surface area contributed by atoms with Crippen LogP contribution >= 0.6 is 0 Å². The summed E-state index contributed by atoms with van der Waals surface area (Å²) in [6.07, 6.45) is 1.53. The van der Waals surface area contributed by atoms with Crippen LogP contribution in [0.3, 0.4) is 0 Å². The van der Waals surface area contributed by atoms with Crippen LogP contribution in [0.2, 0.25) is 19.6 Å². The third-order valence-corrected chi connectivity index (χ3v) is 3.97. The zero-order valence-electron chi connectivity index (χ0n) is 8.16. The van der Waals surface area contributed by atoms with E-state index in [0.717, 1.165) is 0 Å². The molecule has 1 aromatic rings. The van der Waals surface area contributed by atoms with E-state index < -0.39 is 8.07 Å². The smallest absolute Gasteiger partial charge is 0.211 e. The Labute approximate surface area is 79.3 Å². The molecule has 13 heavy (non-hydrogen) atoms. The van der Waals surface area contributed by atoms with Gasteiger partial charge in [0.1, 0.15) is 0 Å².